The highest BCUT2D eigenvalue weighted by Crippen LogP contribution is 2.62. The normalized spacial score (nSPS) is 21.9. The van der Waals surface area contributed by atoms with Gasteiger partial charge in [-0.25, -0.2) is 4.79 Å². The maximum Gasteiger partial charge on any atom is 0.410 e. The Labute approximate surface area is 394 Å². The minimum absolute atomic E-state index is 0.00605. The third-order valence-electron chi connectivity index (χ3n) is 12.8. The number of allylic oxidation sites excluding steroid dienone is 1. The van der Waals surface area contributed by atoms with Crippen LogP contribution in [0, 0.1) is 38.0 Å². The second-order valence-electron chi connectivity index (χ2n) is 17.1. The Hall–Kier alpha value is -6.66. The highest BCUT2D eigenvalue weighted by Gasteiger charge is 2.65. The highest BCUT2D eigenvalue weighted by atomic mass is 16.7. The van der Waals surface area contributed by atoms with Crippen molar-refractivity contribution < 1.29 is 53.4 Å². The quantitative estimate of drug-likeness (QED) is 0.0290. The molecule has 17 heteroatoms. The van der Waals surface area contributed by atoms with Crippen LogP contribution in [-0.2, 0) is 32.3 Å². The zero-order valence-electron chi connectivity index (χ0n) is 38.1. The topological polar surface area (TPSA) is 215 Å². The van der Waals surface area contributed by atoms with Crippen LogP contribution in [0.1, 0.15) is 67.6 Å². The average Bonchev–Trinajstić information content (AvgIpc) is 3.34. The van der Waals surface area contributed by atoms with E-state index in [2.05, 4.69) is 12.7 Å². The number of hydrogen-bond donors (Lipinski definition) is 2. The Bertz CT molecular complexity index is 2430. The van der Waals surface area contributed by atoms with Gasteiger partial charge in [-0.05, 0) is 90.6 Å². The lowest BCUT2D eigenvalue weighted by molar-refractivity contribution is -0.385. The van der Waals surface area contributed by atoms with Crippen molar-refractivity contribution in [3.8, 4) is 17.2 Å². The largest absolute Gasteiger partial charge is 0.459 e. The van der Waals surface area contributed by atoms with E-state index in [1.165, 1.54) is 29.2 Å². The molecule has 4 aromatic carbocycles. The van der Waals surface area contributed by atoms with Crippen molar-refractivity contribution in [1.82, 2.24) is 4.90 Å². The van der Waals surface area contributed by atoms with Crippen molar-refractivity contribution in [3.63, 3.8) is 0 Å². The standard InChI is InChI=1S/C51H58N4O13/c1-3-26-65-51-47(53(2)50(58)64-28-27-63-33-35-12-5-4-6-13-35)32-45(52-66-34-36-18-20-38(21-19-36)54(59)60)43-29-37(14-7-9-24-56)42(17-8-10-25-57)48(49(43)51)44-31-41(22-23-46(44)68-51)67-40-16-11-15-39(30-40)55(61)62/h3-6,11-13,15-16,18-23,29-31,37,42,47-49,56-57H,1,7-10,14,17,24-28,32-34H2,2H3. The molecule has 4 aromatic rings. The molecule has 1 saturated carbocycles. The summed E-state index contributed by atoms with van der Waals surface area (Å²) in [6, 6.07) is 26.1. The first-order valence-electron chi connectivity index (χ1n) is 22.9. The third-order valence-corrected chi connectivity index (χ3v) is 12.8. The molecular weight excluding hydrogens is 877 g/mol. The first kappa shape index (κ1) is 49.3. The number of nitro benzene ring substituents is 2. The zero-order valence-corrected chi connectivity index (χ0v) is 38.1. The number of ether oxygens (including phenoxy) is 5. The van der Waals surface area contributed by atoms with Gasteiger partial charge in [-0.15, -0.1) is 6.58 Å². The number of likely N-dealkylation sites (N-methyl/N-ethyl adjacent to an activating group) is 1. The average molecular weight is 935 g/mol. The first-order chi connectivity index (χ1) is 33.1. The van der Waals surface area contributed by atoms with Gasteiger partial charge in [0.1, 0.15) is 36.5 Å². The molecule has 0 spiro atoms. The van der Waals surface area contributed by atoms with Crippen LogP contribution in [0.25, 0.3) is 0 Å². The van der Waals surface area contributed by atoms with E-state index in [9.17, 15) is 35.2 Å². The van der Waals surface area contributed by atoms with E-state index in [1.54, 1.807) is 49.5 Å². The molecule has 17 nitrogen and oxygen atoms in total. The summed E-state index contributed by atoms with van der Waals surface area (Å²) in [7, 11) is 1.63. The Kier molecular flexibility index (Phi) is 16.9. The van der Waals surface area contributed by atoms with Crippen molar-refractivity contribution >= 4 is 23.2 Å². The van der Waals surface area contributed by atoms with E-state index in [4.69, 9.17) is 33.7 Å². The van der Waals surface area contributed by atoms with Gasteiger partial charge in [-0.3, -0.25) is 20.2 Å². The predicted octanol–water partition coefficient (Wildman–Crippen LogP) is 9.41. The number of hydrogen-bond acceptors (Lipinski definition) is 14. The van der Waals surface area contributed by atoms with Crippen LogP contribution in [0.15, 0.2) is 127 Å². The maximum atomic E-state index is 14.2. The molecule has 1 heterocycles. The number of carbonyl (C=O) groups is 1. The molecule has 0 radical (unpaired) electrons. The number of non-ortho nitro benzene ring substituents is 2. The second kappa shape index (κ2) is 23.4. The number of aliphatic hydroxyl groups excluding tert-OH is 2. The summed E-state index contributed by atoms with van der Waals surface area (Å²) < 4.78 is 32.1. The van der Waals surface area contributed by atoms with Crippen LogP contribution in [0.4, 0.5) is 16.2 Å². The smallest absolute Gasteiger partial charge is 0.410 e. The molecule has 68 heavy (non-hydrogen) atoms. The summed E-state index contributed by atoms with van der Waals surface area (Å²) in [6.45, 7) is 4.52. The van der Waals surface area contributed by atoms with Gasteiger partial charge in [0.15, 0.2) is 0 Å². The summed E-state index contributed by atoms with van der Waals surface area (Å²) >= 11 is 0. The Balaban J connectivity index is 1.32. The first-order valence-corrected chi connectivity index (χ1v) is 22.9. The van der Waals surface area contributed by atoms with Gasteiger partial charge >= 0.3 is 6.09 Å². The van der Waals surface area contributed by atoms with Crippen molar-refractivity contribution in [2.45, 2.75) is 75.9 Å². The fourth-order valence-electron chi connectivity index (χ4n) is 9.67. The lowest BCUT2D eigenvalue weighted by atomic mass is 9.55. The number of unbranched alkanes of at least 4 members (excludes halogenated alkanes) is 2. The van der Waals surface area contributed by atoms with E-state index in [0.29, 0.717) is 55.1 Å². The maximum absolute atomic E-state index is 14.2. The zero-order chi connectivity index (χ0) is 48.0. The van der Waals surface area contributed by atoms with Crippen molar-refractivity contribution in [2.75, 3.05) is 40.1 Å². The number of carbonyl (C=O) groups excluding carboxylic acids is 1. The minimum atomic E-state index is -1.56. The number of nitrogens with zero attached hydrogens (tertiary/aromatic N) is 4. The summed E-state index contributed by atoms with van der Waals surface area (Å²) in [6.07, 6.45) is 7.28. The van der Waals surface area contributed by atoms with Crippen LogP contribution < -0.4 is 9.47 Å². The molecule has 6 atom stereocenters. The summed E-state index contributed by atoms with van der Waals surface area (Å²) in [5.74, 6) is -1.55. The molecular formula is C51H58N4O13. The lowest BCUT2D eigenvalue weighted by Crippen LogP contribution is -2.69. The van der Waals surface area contributed by atoms with Crippen LogP contribution in [0.3, 0.4) is 0 Å². The highest BCUT2D eigenvalue weighted by molar-refractivity contribution is 6.03. The number of oxime groups is 1. The van der Waals surface area contributed by atoms with Crippen molar-refractivity contribution in [3.05, 3.63) is 158 Å². The molecule has 1 aliphatic heterocycles. The number of rotatable bonds is 24. The van der Waals surface area contributed by atoms with E-state index in [1.807, 2.05) is 36.4 Å². The molecule has 1 fully saturated rings. The molecule has 2 N–H and O–H groups in total. The molecule has 6 unspecified atom stereocenters. The summed E-state index contributed by atoms with van der Waals surface area (Å²) in [5, 5.41) is 47.7. The van der Waals surface area contributed by atoms with E-state index < -0.39 is 33.7 Å². The van der Waals surface area contributed by atoms with E-state index in [0.717, 1.165) is 29.5 Å². The Morgan fingerprint density at radius 1 is 0.868 bits per heavy atom. The van der Waals surface area contributed by atoms with Gasteiger partial charge in [-0.2, -0.15) is 0 Å². The van der Waals surface area contributed by atoms with Crippen LogP contribution in [0.2, 0.25) is 0 Å². The fraction of sp³-hybridized carbons (Fsp3) is 0.412. The number of amides is 1. The summed E-state index contributed by atoms with van der Waals surface area (Å²) in [4.78, 5) is 43.9. The predicted molar refractivity (Wildman–Crippen MR) is 251 cm³/mol. The van der Waals surface area contributed by atoms with Gasteiger partial charge in [0.2, 0.25) is 5.79 Å². The Morgan fingerprint density at radius 2 is 1.59 bits per heavy atom. The minimum Gasteiger partial charge on any atom is -0.459 e. The number of aliphatic hydroxyl groups is 2. The van der Waals surface area contributed by atoms with Crippen molar-refractivity contribution in [1.29, 1.82) is 0 Å². The molecule has 2 aliphatic carbocycles. The van der Waals surface area contributed by atoms with Crippen molar-refractivity contribution in [2.24, 2.45) is 22.9 Å². The van der Waals surface area contributed by atoms with Crippen LogP contribution in [-0.4, -0.2) is 88.7 Å². The van der Waals surface area contributed by atoms with Gasteiger partial charge in [0.25, 0.3) is 11.4 Å². The van der Waals surface area contributed by atoms with E-state index >= 15 is 0 Å². The van der Waals surface area contributed by atoms with Gasteiger partial charge in [0.05, 0.1) is 47.4 Å². The monoisotopic (exact) mass is 934 g/mol. The van der Waals surface area contributed by atoms with Gasteiger partial charge < -0.3 is 43.6 Å². The molecule has 0 saturated heterocycles. The summed E-state index contributed by atoms with van der Waals surface area (Å²) in [5.41, 5.74) is 3.57. The number of fused-ring (bicyclic) bond motifs is 2. The number of nitro groups is 2. The lowest BCUT2D eigenvalue weighted by Gasteiger charge is -2.59. The van der Waals surface area contributed by atoms with Crippen LogP contribution >= 0.6 is 0 Å². The molecule has 1 amide bonds. The Morgan fingerprint density at radius 3 is 2.31 bits per heavy atom. The second-order valence-corrected chi connectivity index (χ2v) is 17.1. The molecule has 360 valence electrons. The molecule has 7 rings (SSSR count). The van der Waals surface area contributed by atoms with E-state index in [-0.39, 0.29) is 80.9 Å². The molecule has 3 aliphatic rings. The SMILES string of the molecule is C=CCOC12Oc3ccc(Oc4cccc([N+](=O)[O-])c4)cc3C3C(CCCCO)C(CCCCO)C=C(C(=NOCc4ccc([N+](=O)[O-])cc4)CC1N(C)C(=O)OCCOCc1ccccc1)C32. The third kappa shape index (κ3) is 11.5. The number of benzene rings is 4. The molecule has 0 aromatic heterocycles. The van der Waals surface area contributed by atoms with Crippen LogP contribution in [0.5, 0.6) is 17.2 Å². The molecule has 0 bridgehead atoms. The van der Waals surface area contributed by atoms with Gasteiger partial charge in [0, 0.05) is 56.4 Å². The fourth-order valence-corrected chi connectivity index (χ4v) is 9.67. The van der Waals surface area contributed by atoms with Gasteiger partial charge in [-0.1, -0.05) is 66.5 Å².